The van der Waals surface area contributed by atoms with E-state index < -0.39 is 9.84 Å². The molecular formula is C15H23NO3S. The summed E-state index contributed by atoms with van der Waals surface area (Å²) in [6, 6.07) is 4.91. The highest BCUT2D eigenvalue weighted by Gasteiger charge is 2.20. The number of sulfone groups is 1. The van der Waals surface area contributed by atoms with Gasteiger partial charge in [-0.05, 0) is 43.4 Å². The topological polar surface area (TPSA) is 55.4 Å². The molecule has 1 aliphatic rings. The molecule has 1 aliphatic carbocycles. The SMILES string of the molecule is Cc1cc(CNC2CC2)cc(C)c1OCCS(C)(=O)=O. The van der Waals surface area contributed by atoms with Crippen LogP contribution in [0.4, 0.5) is 0 Å². The van der Waals surface area contributed by atoms with Gasteiger partial charge in [0.1, 0.15) is 12.4 Å². The van der Waals surface area contributed by atoms with Crippen LogP contribution in [-0.4, -0.2) is 33.1 Å². The highest BCUT2D eigenvalue weighted by molar-refractivity contribution is 7.90. The largest absolute Gasteiger partial charge is 0.492 e. The minimum atomic E-state index is -2.97. The molecule has 2 rings (SSSR count). The van der Waals surface area contributed by atoms with Gasteiger partial charge in [0.15, 0.2) is 9.84 Å². The van der Waals surface area contributed by atoms with Gasteiger partial charge in [-0.25, -0.2) is 8.42 Å². The molecule has 1 aromatic carbocycles. The number of ether oxygens (including phenoxy) is 1. The molecule has 0 radical (unpaired) electrons. The van der Waals surface area contributed by atoms with E-state index in [-0.39, 0.29) is 12.4 Å². The molecule has 0 unspecified atom stereocenters. The highest BCUT2D eigenvalue weighted by atomic mass is 32.2. The Hall–Kier alpha value is -1.07. The predicted molar refractivity (Wildman–Crippen MR) is 81.0 cm³/mol. The fourth-order valence-electron chi connectivity index (χ4n) is 2.21. The molecule has 20 heavy (non-hydrogen) atoms. The first kappa shape index (κ1) is 15.3. The van der Waals surface area contributed by atoms with Crippen molar-refractivity contribution in [3.05, 3.63) is 28.8 Å². The summed E-state index contributed by atoms with van der Waals surface area (Å²) in [7, 11) is -2.97. The van der Waals surface area contributed by atoms with E-state index in [9.17, 15) is 8.42 Å². The number of hydrogen-bond acceptors (Lipinski definition) is 4. The zero-order chi connectivity index (χ0) is 14.8. The zero-order valence-electron chi connectivity index (χ0n) is 12.4. The maximum absolute atomic E-state index is 11.1. The second kappa shape index (κ2) is 6.14. The summed E-state index contributed by atoms with van der Waals surface area (Å²) in [4.78, 5) is 0. The van der Waals surface area contributed by atoms with Crippen molar-refractivity contribution in [3.8, 4) is 5.75 Å². The predicted octanol–water partition coefficient (Wildman–Crippen LogP) is 1.98. The van der Waals surface area contributed by atoms with Crippen molar-refractivity contribution < 1.29 is 13.2 Å². The van der Waals surface area contributed by atoms with Crippen LogP contribution in [0.3, 0.4) is 0 Å². The van der Waals surface area contributed by atoms with Gasteiger partial charge in [0, 0.05) is 18.8 Å². The molecule has 1 saturated carbocycles. The number of aryl methyl sites for hydroxylation is 2. The normalized spacial score (nSPS) is 15.3. The minimum absolute atomic E-state index is 0.0524. The van der Waals surface area contributed by atoms with Crippen molar-refractivity contribution in [3.63, 3.8) is 0 Å². The van der Waals surface area contributed by atoms with Crippen LogP contribution in [0, 0.1) is 13.8 Å². The van der Waals surface area contributed by atoms with Crippen molar-refractivity contribution in [2.45, 2.75) is 39.3 Å². The molecule has 0 aliphatic heterocycles. The lowest BCUT2D eigenvalue weighted by molar-refractivity contribution is 0.336. The van der Waals surface area contributed by atoms with Crippen LogP contribution in [-0.2, 0) is 16.4 Å². The van der Waals surface area contributed by atoms with Crippen molar-refractivity contribution >= 4 is 9.84 Å². The molecule has 4 nitrogen and oxygen atoms in total. The molecule has 0 amide bonds. The number of benzene rings is 1. The second-order valence-electron chi connectivity index (χ2n) is 5.69. The molecule has 0 spiro atoms. The molecule has 1 N–H and O–H groups in total. The molecule has 5 heteroatoms. The number of hydrogen-bond donors (Lipinski definition) is 1. The van der Waals surface area contributed by atoms with Crippen LogP contribution < -0.4 is 10.1 Å². The van der Waals surface area contributed by atoms with Gasteiger partial charge in [-0.1, -0.05) is 12.1 Å². The van der Waals surface area contributed by atoms with Crippen molar-refractivity contribution in [2.75, 3.05) is 18.6 Å². The van der Waals surface area contributed by atoms with Gasteiger partial charge in [0.05, 0.1) is 5.75 Å². The van der Waals surface area contributed by atoms with Crippen LogP contribution in [0.1, 0.15) is 29.5 Å². The lowest BCUT2D eigenvalue weighted by Gasteiger charge is -2.14. The molecule has 0 aromatic heterocycles. The fourth-order valence-corrected chi connectivity index (χ4v) is 2.60. The molecule has 112 valence electrons. The Morgan fingerprint density at radius 2 is 1.85 bits per heavy atom. The van der Waals surface area contributed by atoms with Crippen molar-refractivity contribution in [1.29, 1.82) is 0 Å². The van der Waals surface area contributed by atoms with Crippen molar-refractivity contribution in [1.82, 2.24) is 5.32 Å². The highest BCUT2D eigenvalue weighted by Crippen LogP contribution is 2.26. The Morgan fingerprint density at radius 3 is 2.35 bits per heavy atom. The van der Waals surface area contributed by atoms with Crippen LogP contribution >= 0.6 is 0 Å². The summed E-state index contributed by atoms with van der Waals surface area (Å²) in [5.41, 5.74) is 3.37. The molecule has 1 fully saturated rings. The summed E-state index contributed by atoms with van der Waals surface area (Å²) >= 11 is 0. The van der Waals surface area contributed by atoms with Crippen LogP contribution in [0.2, 0.25) is 0 Å². The smallest absolute Gasteiger partial charge is 0.150 e. The Bertz CT molecular complexity index is 554. The summed E-state index contributed by atoms with van der Waals surface area (Å²) in [6.45, 7) is 5.10. The molecule has 0 saturated heterocycles. The van der Waals surface area contributed by atoms with Crippen LogP contribution in [0.15, 0.2) is 12.1 Å². The first-order chi connectivity index (χ1) is 9.35. The first-order valence-corrected chi connectivity index (χ1v) is 9.05. The van der Waals surface area contributed by atoms with Crippen molar-refractivity contribution in [2.24, 2.45) is 0 Å². The number of nitrogens with one attached hydrogen (secondary N) is 1. The van der Waals surface area contributed by atoms with Gasteiger partial charge in [-0.3, -0.25) is 0 Å². The standard InChI is InChI=1S/C15H23NO3S/c1-11-8-13(10-16-14-4-5-14)9-12(2)15(11)19-6-7-20(3,17)18/h8-9,14,16H,4-7,10H2,1-3H3. The van der Waals surface area contributed by atoms with E-state index in [1.165, 1.54) is 24.7 Å². The van der Waals surface area contributed by atoms with E-state index in [2.05, 4.69) is 17.4 Å². The monoisotopic (exact) mass is 297 g/mol. The molecule has 0 bridgehead atoms. The van der Waals surface area contributed by atoms with Crippen LogP contribution in [0.25, 0.3) is 0 Å². The summed E-state index contributed by atoms with van der Waals surface area (Å²) in [5.74, 6) is 0.862. The maximum atomic E-state index is 11.1. The molecular weight excluding hydrogens is 274 g/mol. The third-order valence-corrected chi connectivity index (χ3v) is 4.30. The van der Waals surface area contributed by atoms with E-state index in [0.717, 1.165) is 23.4 Å². The fraction of sp³-hybridized carbons (Fsp3) is 0.600. The Morgan fingerprint density at radius 1 is 1.25 bits per heavy atom. The summed E-state index contributed by atoms with van der Waals surface area (Å²) < 4.78 is 27.9. The van der Waals surface area contributed by atoms with E-state index >= 15 is 0 Å². The Kier molecular flexibility index (Phi) is 4.70. The molecule has 0 heterocycles. The van der Waals surface area contributed by atoms with Gasteiger partial charge in [0.2, 0.25) is 0 Å². The van der Waals surface area contributed by atoms with E-state index in [4.69, 9.17) is 4.74 Å². The van der Waals surface area contributed by atoms with Gasteiger partial charge in [-0.15, -0.1) is 0 Å². The number of rotatable bonds is 7. The van der Waals surface area contributed by atoms with Gasteiger partial charge < -0.3 is 10.1 Å². The lowest BCUT2D eigenvalue weighted by Crippen LogP contribution is -2.16. The lowest BCUT2D eigenvalue weighted by atomic mass is 10.1. The van der Waals surface area contributed by atoms with Gasteiger partial charge in [-0.2, -0.15) is 0 Å². The average Bonchev–Trinajstić information content (AvgIpc) is 3.12. The maximum Gasteiger partial charge on any atom is 0.150 e. The summed E-state index contributed by atoms with van der Waals surface area (Å²) in [6.07, 6.45) is 3.79. The van der Waals surface area contributed by atoms with E-state index in [0.29, 0.717) is 6.04 Å². The first-order valence-electron chi connectivity index (χ1n) is 6.99. The van der Waals surface area contributed by atoms with Crippen LogP contribution in [0.5, 0.6) is 5.75 Å². The zero-order valence-corrected chi connectivity index (χ0v) is 13.2. The summed E-state index contributed by atoms with van der Waals surface area (Å²) in [5, 5.41) is 3.49. The molecule has 0 atom stereocenters. The minimum Gasteiger partial charge on any atom is -0.492 e. The van der Waals surface area contributed by atoms with E-state index in [1.54, 1.807) is 0 Å². The van der Waals surface area contributed by atoms with Gasteiger partial charge in [0.25, 0.3) is 0 Å². The van der Waals surface area contributed by atoms with E-state index in [1.807, 2.05) is 13.8 Å². The quantitative estimate of drug-likeness (QED) is 0.836. The molecule has 1 aromatic rings. The Labute approximate surface area is 121 Å². The second-order valence-corrected chi connectivity index (χ2v) is 7.95. The third-order valence-electron chi connectivity index (χ3n) is 3.39. The average molecular weight is 297 g/mol. The van der Waals surface area contributed by atoms with Gasteiger partial charge >= 0.3 is 0 Å². The third kappa shape index (κ3) is 4.80. The Balaban J connectivity index is 1.97.